The summed E-state index contributed by atoms with van der Waals surface area (Å²) in [6.45, 7) is 0. The van der Waals surface area contributed by atoms with E-state index < -0.39 is 0 Å². The van der Waals surface area contributed by atoms with Gasteiger partial charge in [-0.2, -0.15) is 0 Å². The van der Waals surface area contributed by atoms with Gasteiger partial charge < -0.3 is 0 Å². The second-order valence-electron chi connectivity index (χ2n) is 0.866. The Morgan fingerprint density at radius 2 is 1.83 bits per heavy atom. The molecule has 27 valence electrons. The van der Waals surface area contributed by atoms with E-state index in [1.807, 2.05) is 0 Å². The summed E-state index contributed by atoms with van der Waals surface area (Å²) in [6.07, 6.45) is 0.684. The molecule has 0 N–H and O–H groups in total. The average molecular weight is 76.1 g/mol. The van der Waals surface area contributed by atoms with Crippen LogP contribution in [-0.4, -0.2) is 0 Å². The van der Waals surface area contributed by atoms with Crippen molar-refractivity contribution >= 4 is 0 Å². The van der Waals surface area contributed by atoms with Crippen molar-refractivity contribution in [3.05, 3.63) is 0 Å². The summed E-state index contributed by atoms with van der Waals surface area (Å²) < 4.78 is 0. The molecule has 0 fully saturated rings. The smallest absolute Gasteiger partial charge is 0.0741 e. The molecule has 0 bridgehead atoms. The molecule has 1 nitrogen and oxygen atoms in total. The van der Waals surface area contributed by atoms with Crippen LogP contribution in [0, 0.1) is 23.9 Å². The van der Waals surface area contributed by atoms with E-state index in [2.05, 4.69) is 29.2 Å². The monoisotopic (exact) mass is 76.0 g/mol. The zero-order valence-corrected chi connectivity index (χ0v) is 3.15. The van der Waals surface area contributed by atoms with Gasteiger partial charge >= 0.3 is 0 Å². The van der Waals surface area contributed by atoms with Crippen molar-refractivity contribution in [3.8, 4) is 23.9 Å². The minimum atomic E-state index is 0.684. The Bertz CT molecular complexity index is 116. The molecule has 0 aromatic carbocycles. The lowest BCUT2D eigenvalue weighted by molar-refractivity contribution is 1.26. The Kier molecular flexibility index (Phi) is 0.719. The van der Waals surface area contributed by atoms with Crippen LogP contribution in [-0.2, 0) is 0 Å². The Morgan fingerprint density at radius 1 is 1.17 bits per heavy atom. The zero-order valence-electron chi connectivity index (χ0n) is 3.15. The molecule has 1 heterocycles. The molecule has 1 rings (SSSR count). The predicted molar refractivity (Wildman–Crippen MR) is 22.3 cm³/mol. The van der Waals surface area contributed by atoms with E-state index in [1.165, 1.54) is 0 Å². The molecule has 0 amide bonds. The first-order valence-corrected chi connectivity index (χ1v) is 1.65. The van der Waals surface area contributed by atoms with E-state index in [0.717, 1.165) is 0 Å². The summed E-state index contributed by atoms with van der Waals surface area (Å²) in [7, 11) is 0. The fourth-order valence-electron chi connectivity index (χ4n) is 0.230. The van der Waals surface area contributed by atoms with Gasteiger partial charge in [-0.3, -0.25) is 0 Å². The topological polar surface area (TPSA) is 14.1 Å². The molecule has 0 aliphatic carbocycles. The highest BCUT2D eigenvalue weighted by Gasteiger charge is 1.72. The lowest BCUT2D eigenvalue weighted by Gasteiger charge is -1.75. The molecule has 6 heavy (non-hydrogen) atoms. The molecule has 0 aromatic heterocycles. The fraction of sp³-hybridized carbons (Fsp3) is 0.200. The van der Waals surface area contributed by atoms with Crippen LogP contribution in [0.25, 0.3) is 0 Å². The normalized spacial score (nSPS) is 12.0. The van der Waals surface area contributed by atoms with E-state index in [4.69, 9.17) is 0 Å². The molecule has 0 saturated heterocycles. The predicted octanol–water partition coefficient (Wildman–Crippen LogP) is -0.0837. The van der Waals surface area contributed by atoms with Crippen LogP contribution in [0.4, 0.5) is 0 Å². The molecule has 0 atom stereocenters. The van der Waals surface area contributed by atoms with Gasteiger partial charge in [0.05, 0.1) is 6.42 Å². The molecular formula is C5H2N. The van der Waals surface area contributed by atoms with Gasteiger partial charge in [0, 0.05) is 12.1 Å². The Balaban J connectivity index is 2.57. The van der Waals surface area contributed by atoms with E-state index in [9.17, 15) is 0 Å². The van der Waals surface area contributed by atoms with Crippen LogP contribution in [0.1, 0.15) is 6.42 Å². The van der Waals surface area contributed by atoms with Gasteiger partial charge in [0.15, 0.2) is 0 Å². The van der Waals surface area contributed by atoms with Crippen LogP contribution >= 0.6 is 0 Å². The average Bonchev–Trinajstić information content (AvgIpc) is 1.72. The van der Waals surface area contributed by atoms with Crippen molar-refractivity contribution in [3.63, 3.8) is 0 Å². The third-order valence-electron chi connectivity index (χ3n) is 0.447. The largest absolute Gasteiger partial charge is 0.146 e. The zero-order chi connectivity index (χ0) is 4.24. The van der Waals surface area contributed by atoms with Crippen LogP contribution in [0.5, 0.6) is 0 Å². The Labute approximate surface area is 36.7 Å². The SMILES string of the molecule is C1#C[N]C#CC1. The van der Waals surface area contributed by atoms with Gasteiger partial charge in [-0.25, -0.2) is 0 Å². The molecule has 0 spiro atoms. The van der Waals surface area contributed by atoms with Crippen molar-refractivity contribution in [2.24, 2.45) is 0 Å². The highest BCUT2D eigenvalue weighted by Crippen LogP contribution is 1.71. The maximum absolute atomic E-state index is 3.45. The Morgan fingerprint density at radius 3 is 2.00 bits per heavy atom. The van der Waals surface area contributed by atoms with Gasteiger partial charge in [0.1, 0.15) is 0 Å². The molecule has 1 radical (unpaired) electrons. The van der Waals surface area contributed by atoms with Gasteiger partial charge in [0.25, 0.3) is 0 Å². The van der Waals surface area contributed by atoms with Crippen LogP contribution in [0.15, 0.2) is 0 Å². The van der Waals surface area contributed by atoms with E-state index in [0.29, 0.717) is 6.42 Å². The summed E-state index contributed by atoms with van der Waals surface area (Å²) in [5.41, 5.74) is 0. The molecule has 0 aromatic rings. The molecule has 1 aliphatic heterocycles. The maximum Gasteiger partial charge on any atom is 0.0741 e. The van der Waals surface area contributed by atoms with Gasteiger partial charge in [-0.15, -0.1) is 5.32 Å². The van der Waals surface area contributed by atoms with E-state index in [-0.39, 0.29) is 0 Å². The molecule has 0 saturated carbocycles. The number of hydrogen-bond acceptors (Lipinski definition) is 0. The summed E-state index contributed by atoms with van der Waals surface area (Å²) in [5, 5.41) is 3.45. The van der Waals surface area contributed by atoms with Crippen LogP contribution < -0.4 is 5.32 Å². The third kappa shape index (κ3) is 0.445. The first-order chi connectivity index (χ1) is 3.00. The Hall–Kier alpha value is -1.08. The van der Waals surface area contributed by atoms with Crippen LogP contribution in [0.2, 0.25) is 0 Å². The molecule has 1 aliphatic rings. The third-order valence-corrected chi connectivity index (χ3v) is 0.447. The number of rotatable bonds is 0. The quantitative estimate of drug-likeness (QED) is 0.358. The fourth-order valence-corrected chi connectivity index (χ4v) is 0.230. The standard InChI is InChI=1S/C5H2N/c1-2-4-6-5-3-1/h1H2. The highest BCUT2D eigenvalue weighted by atomic mass is 14.8. The maximum atomic E-state index is 3.45. The summed E-state index contributed by atoms with van der Waals surface area (Å²) in [4.78, 5) is 0. The minimum absolute atomic E-state index is 0.684. The minimum Gasteiger partial charge on any atom is -0.146 e. The van der Waals surface area contributed by atoms with Crippen molar-refractivity contribution in [1.82, 2.24) is 5.32 Å². The summed E-state index contributed by atoms with van der Waals surface area (Å²) >= 11 is 0. The highest BCUT2D eigenvalue weighted by molar-refractivity contribution is 5.17. The second-order valence-corrected chi connectivity index (χ2v) is 0.866. The van der Waals surface area contributed by atoms with Crippen molar-refractivity contribution < 1.29 is 0 Å². The lowest BCUT2D eigenvalue weighted by atomic mass is 10.4. The molecule has 1 heteroatoms. The van der Waals surface area contributed by atoms with E-state index in [1.54, 1.807) is 0 Å². The lowest BCUT2D eigenvalue weighted by Crippen LogP contribution is -1.85. The first kappa shape index (κ1) is 3.12. The van der Waals surface area contributed by atoms with Crippen LogP contribution in [0.3, 0.4) is 0 Å². The van der Waals surface area contributed by atoms with Gasteiger partial charge in [-0.1, -0.05) is 11.8 Å². The summed E-state index contributed by atoms with van der Waals surface area (Å²) in [5.74, 6) is 5.39. The number of nitrogens with zero attached hydrogens (tertiary/aromatic N) is 1. The van der Waals surface area contributed by atoms with Gasteiger partial charge in [-0.05, 0) is 0 Å². The summed E-state index contributed by atoms with van der Waals surface area (Å²) in [6, 6.07) is 4.97. The molecular weight excluding hydrogens is 74.1 g/mol. The molecule has 0 unspecified atom stereocenters. The van der Waals surface area contributed by atoms with Gasteiger partial charge in [0.2, 0.25) is 0 Å². The van der Waals surface area contributed by atoms with Crippen molar-refractivity contribution in [1.29, 1.82) is 0 Å². The number of hydrogen-bond donors (Lipinski definition) is 0. The van der Waals surface area contributed by atoms with E-state index >= 15 is 0 Å². The van der Waals surface area contributed by atoms with Crippen molar-refractivity contribution in [2.45, 2.75) is 6.42 Å². The van der Waals surface area contributed by atoms with Crippen molar-refractivity contribution in [2.75, 3.05) is 0 Å². The second kappa shape index (κ2) is 1.38. The first-order valence-electron chi connectivity index (χ1n) is 1.65.